The molecule has 3 N–H and O–H groups in total. The van der Waals surface area contributed by atoms with Crippen LogP contribution in [0.3, 0.4) is 0 Å². The largest absolute Gasteiger partial charge is 0.549 e. The van der Waals surface area contributed by atoms with Crippen LogP contribution in [0.25, 0.3) is 0 Å². The smallest absolute Gasteiger partial charge is 0.462 e. The fraction of sp³-hybridized carbons (Fsp3) is 0.739. The number of carbonyl (C=O) groups is 2. The molecule has 0 spiro atoms. The van der Waals surface area contributed by atoms with Gasteiger partial charge in [0.25, 0.3) is 0 Å². The number of hydrogen-bond acceptors (Lipinski definition) is 17. The van der Waals surface area contributed by atoms with E-state index in [4.69, 9.17) is 69.2 Å². The molecular formula is C23H52O17Si4. The maximum Gasteiger partial charge on any atom is 0.549 e. The van der Waals surface area contributed by atoms with Gasteiger partial charge in [0.2, 0.25) is 0 Å². The van der Waals surface area contributed by atoms with Crippen LogP contribution in [0.5, 0.6) is 0 Å². The molecule has 0 fully saturated rings. The highest BCUT2D eigenvalue weighted by Crippen LogP contribution is 2.16. The van der Waals surface area contributed by atoms with Gasteiger partial charge in [0.1, 0.15) is 0 Å². The summed E-state index contributed by atoms with van der Waals surface area (Å²) in [5.41, 5.74) is 0.794. The van der Waals surface area contributed by atoms with Crippen LogP contribution in [0.2, 0.25) is 12.1 Å². The van der Waals surface area contributed by atoms with Crippen LogP contribution < -0.4 is 0 Å². The van der Waals surface area contributed by atoms with Crippen LogP contribution in [-0.2, 0) is 63.5 Å². The molecule has 0 aromatic rings. The Balaban J connectivity index is -0.0000000918. The van der Waals surface area contributed by atoms with Gasteiger partial charge in [0, 0.05) is 87.2 Å². The maximum atomic E-state index is 11.1. The average molecular weight is 713 g/mol. The fourth-order valence-corrected chi connectivity index (χ4v) is 5.65. The Morgan fingerprint density at radius 3 is 0.864 bits per heavy atom. The number of hydrogen-bond donors (Lipinski definition) is 3. The number of aliphatic hydroxyl groups is 3. The highest BCUT2D eigenvalue weighted by molar-refractivity contribution is 6.60. The van der Waals surface area contributed by atoms with Gasteiger partial charge in [0.15, 0.2) is 0 Å². The Bertz CT molecular complexity index is 670. The highest BCUT2D eigenvalue weighted by Gasteiger charge is 2.37. The second-order valence-corrected chi connectivity index (χ2v) is 13.3. The number of esters is 2. The molecule has 0 aliphatic heterocycles. The standard InChI is InChI=1S/2C10H20O5Si.3CH4O.2O2Si/c2*1-9(2)10(11)15-7-6-8-16(12-3,13-4)14-5;3*1-2;2*1-3-2/h2*1,6-8H2,2-5H3;3*2H,1H3;;. The Labute approximate surface area is 267 Å². The Hall–Kier alpha value is -1.87. The molecule has 44 heavy (non-hydrogen) atoms. The van der Waals surface area contributed by atoms with Gasteiger partial charge in [-0.3, -0.25) is 17.8 Å². The molecule has 0 aromatic heterocycles. The molecule has 0 aromatic carbocycles. The molecular weight excluding hydrogens is 661 g/mol. The van der Waals surface area contributed by atoms with E-state index < -0.39 is 36.2 Å². The van der Waals surface area contributed by atoms with Crippen molar-refractivity contribution in [3.8, 4) is 0 Å². The van der Waals surface area contributed by atoms with Crippen molar-refractivity contribution in [2.75, 3.05) is 77.2 Å². The molecule has 0 aliphatic rings. The van der Waals surface area contributed by atoms with Gasteiger partial charge in [-0.05, 0) is 26.7 Å². The molecule has 0 amide bonds. The molecule has 0 saturated carbocycles. The van der Waals surface area contributed by atoms with Crippen molar-refractivity contribution >= 4 is 48.1 Å². The summed E-state index contributed by atoms with van der Waals surface area (Å²) in [7, 11) is 4.43. The number of ether oxygens (including phenoxy) is 2. The van der Waals surface area contributed by atoms with E-state index in [0.29, 0.717) is 49.3 Å². The summed E-state index contributed by atoms with van der Waals surface area (Å²) in [4.78, 5) is 22.1. The number of aliphatic hydroxyl groups excluding tert-OH is 3. The summed E-state index contributed by atoms with van der Waals surface area (Å²) in [5, 5.41) is 21.0. The molecule has 0 unspecified atom stereocenters. The molecule has 17 nitrogen and oxygen atoms in total. The van der Waals surface area contributed by atoms with Crippen LogP contribution in [-0.4, -0.2) is 141 Å². The summed E-state index contributed by atoms with van der Waals surface area (Å²) in [6.45, 7) is 10.8. The van der Waals surface area contributed by atoms with E-state index in [0.717, 1.165) is 21.3 Å². The molecule has 0 saturated heterocycles. The molecule has 262 valence electrons. The van der Waals surface area contributed by atoms with Crippen LogP contribution in [0.4, 0.5) is 0 Å². The van der Waals surface area contributed by atoms with Crippen LogP contribution in [0.1, 0.15) is 26.7 Å². The second-order valence-electron chi connectivity index (χ2n) is 6.80. The Morgan fingerprint density at radius 2 is 0.727 bits per heavy atom. The molecule has 0 heterocycles. The van der Waals surface area contributed by atoms with E-state index in [1.807, 2.05) is 0 Å². The molecule has 0 radical (unpaired) electrons. The maximum absolute atomic E-state index is 11.1. The third kappa shape index (κ3) is 38.2. The van der Waals surface area contributed by atoms with E-state index >= 15 is 0 Å². The quantitative estimate of drug-likeness (QED) is 0.0846. The first-order valence-corrected chi connectivity index (χ1v) is 17.6. The van der Waals surface area contributed by atoms with E-state index in [1.165, 1.54) is 0 Å². The van der Waals surface area contributed by atoms with Crippen molar-refractivity contribution in [1.29, 1.82) is 0 Å². The van der Waals surface area contributed by atoms with Gasteiger partial charge in [-0.2, -0.15) is 0 Å². The van der Waals surface area contributed by atoms with Crippen LogP contribution >= 0.6 is 0 Å². The molecule has 0 bridgehead atoms. The lowest BCUT2D eigenvalue weighted by Gasteiger charge is -2.24. The van der Waals surface area contributed by atoms with Gasteiger partial charge in [-0.15, -0.1) is 0 Å². The normalized spacial score (nSPS) is 8.95. The number of rotatable bonds is 16. The van der Waals surface area contributed by atoms with Crippen molar-refractivity contribution in [2.45, 2.75) is 38.8 Å². The zero-order valence-electron chi connectivity index (χ0n) is 27.7. The topological polar surface area (TPSA) is 237 Å². The number of carbonyl (C=O) groups excluding carboxylic acids is 2. The zero-order chi connectivity index (χ0) is 36.6. The average Bonchev–Trinajstić information content (AvgIpc) is 3.05. The zero-order valence-corrected chi connectivity index (χ0v) is 31.7. The van der Waals surface area contributed by atoms with Crippen molar-refractivity contribution in [3.63, 3.8) is 0 Å². The van der Waals surface area contributed by atoms with Crippen molar-refractivity contribution in [1.82, 2.24) is 0 Å². The van der Waals surface area contributed by atoms with E-state index in [-0.39, 0.29) is 11.9 Å². The third-order valence-electron chi connectivity index (χ3n) is 4.28. The highest BCUT2D eigenvalue weighted by atomic mass is 28.4. The Morgan fingerprint density at radius 1 is 0.545 bits per heavy atom. The Kier molecular flexibility index (Phi) is 59.8. The minimum absolute atomic E-state index is 0.316. The first kappa shape index (κ1) is 57.7. The lowest BCUT2D eigenvalue weighted by molar-refractivity contribution is -0.139. The van der Waals surface area contributed by atoms with Crippen LogP contribution in [0, 0.1) is 0 Å². The summed E-state index contributed by atoms with van der Waals surface area (Å²) in [6.07, 6.45) is 1.28. The predicted molar refractivity (Wildman–Crippen MR) is 163 cm³/mol. The summed E-state index contributed by atoms with van der Waals surface area (Å²) in [6, 6.07) is 1.22. The molecule has 21 heteroatoms. The van der Waals surface area contributed by atoms with Gasteiger partial charge < -0.3 is 51.3 Å². The SMILES string of the molecule is C=C(C)C(=O)OCCC[Si](OC)(OC)OC.C=C(C)C(=O)OCCC[Si](OC)(OC)OC.CO.CO.CO.O=[Si]=O.O=[Si]=O. The molecule has 0 atom stereocenters. The second kappa shape index (κ2) is 45.6. The van der Waals surface area contributed by atoms with Gasteiger partial charge in [-0.1, -0.05) is 13.2 Å². The minimum Gasteiger partial charge on any atom is -0.462 e. The predicted octanol–water partition coefficient (Wildman–Crippen LogP) is 0.337. The first-order chi connectivity index (χ1) is 20.8. The van der Waals surface area contributed by atoms with E-state index in [9.17, 15) is 9.59 Å². The molecule has 0 aliphatic carbocycles. The lowest BCUT2D eigenvalue weighted by atomic mass is 10.4. The van der Waals surface area contributed by atoms with Gasteiger partial charge >= 0.3 is 48.1 Å². The fourth-order valence-electron chi connectivity index (χ4n) is 2.27. The monoisotopic (exact) mass is 712 g/mol. The first-order valence-electron chi connectivity index (χ1n) is 12.1. The van der Waals surface area contributed by atoms with Crippen LogP contribution in [0.15, 0.2) is 24.3 Å². The third-order valence-corrected chi connectivity index (χ3v) is 9.95. The van der Waals surface area contributed by atoms with Gasteiger partial charge in [-0.25, -0.2) is 9.59 Å². The van der Waals surface area contributed by atoms with E-state index in [1.54, 1.807) is 56.5 Å². The van der Waals surface area contributed by atoms with Crippen molar-refractivity contribution in [3.05, 3.63) is 24.3 Å². The van der Waals surface area contributed by atoms with Crippen molar-refractivity contribution < 1.29 is 78.8 Å². The van der Waals surface area contributed by atoms with Crippen molar-refractivity contribution in [2.24, 2.45) is 0 Å². The lowest BCUT2D eigenvalue weighted by Crippen LogP contribution is -2.42. The van der Waals surface area contributed by atoms with E-state index in [2.05, 4.69) is 13.2 Å². The minimum atomic E-state index is -2.53. The summed E-state index contributed by atoms with van der Waals surface area (Å²) in [5.74, 6) is -0.751. The summed E-state index contributed by atoms with van der Waals surface area (Å²) >= 11 is 0. The summed E-state index contributed by atoms with van der Waals surface area (Å²) < 4.78 is 74.9. The van der Waals surface area contributed by atoms with Gasteiger partial charge in [0.05, 0.1) is 13.2 Å². The molecule has 0 rings (SSSR count).